The molecule has 0 saturated carbocycles. The van der Waals surface area contributed by atoms with Crippen LogP contribution in [0.1, 0.15) is 271 Å². The van der Waals surface area contributed by atoms with Crippen LogP contribution < -0.4 is 5.11 Å². The molecule has 0 aliphatic carbocycles. The van der Waals surface area contributed by atoms with Gasteiger partial charge in [0.25, 0.3) is 0 Å². The van der Waals surface area contributed by atoms with Gasteiger partial charge in [-0.25, -0.2) is 0 Å². The Kier molecular flexibility index (Phi) is 63.4. The Morgan fingerprint density at radius 1 is 0.345 bits per heavy atom. The molecule has 0 radical (unpaired) electrons. The van der Waals surface area contributed by atoms with E-state index in [0.29, 0.717) is 23.9 Å². The number of rotatable bonds is 63. The number of esters is 2. The summed E-state index contributed by atoms with van der Waals surface area (Å²) in [5.41, 5.74) is 0. The zero-order chi connectivity index (χ0) is 63.3. The van der Waals surface area contributed by atoms with E-state index in [1.54, 1.807) is 0 Å². The standard InChI is InChI=1S/C78H129NO8/c1-6-8-10-12-14-16-18-20-22-24-26-28-30-31-32-33-34-35-36-37-38-39-40-41-42-43-44-45-47-48-50-52-54-56-58-60-62-64-66-68-75(80)85-72-74(73-86-78(77(82)83)84-71-70-79(3,4)5)87-76(81)69-67-65-63-61-59-57-55-53-51-49-46-29-27-25-23-21-19-17-15-13-11-9-7-2/h8-11,14-17,20-23,26-29,31-32,49,51,55,57,61,63,74,78H,6-7,12-13,18-19,24-25,30,33-48,50,52-54,56,58-60,62,64-73H2,1-5H3/b10-8-,11-9-,16-14-,17-15-,22-20-,23-21-,28-26-,29-27-,32-31-,51-49-,57-55-,63-61-. The van der Waals surface area contributed by atoms with Gasteiger partial charge in [0, 0.05) is 12.8 Å². The van der Waals surface area contributed by atoms with E-state index >= 15 is 0 Å². The van der Waals surface area contributed by atoms with Gasteiger partial charge in [0.1, 0.15) is 13.2 Å². The van der Waals surface area contributed by atoms with Crippen LogP contribution in [0.25, 0.3) is 0 Å². The van der Waals surface area contributed by atoms with Crippen LogP contribution in [-0.4, -0.2) is 82.3 Å². The molecule has 0 rings (SSSR count). The third-order valence-electron chi connectivity index (χ3n) is 14.6. The minimum Gasteiger partial charge on any atom is -0.545 e. The fraction of sp³-hybridized carbons (Fsp3) is 0.654. The maximum absolute atomic E-state index is 12.9. The molecule has 2 unspecified atom stereocenters. The summed E-state index contributed by atoms with van der Waals surface area (Å²) in [6, 6.07) is 0. The number of likely N-dealkylation sites (N-methyl/N-ethyl adjacent to an activating group) is 1. The summed E-state index contributed by atoms with van der Waals surface area (Å²) in [7, 11) is 5.90. The lowest BCUT2D eigenvalue weighted by Crippen LogP contribution is -2.44. The lowest BCUT2D eigenvalue weighted by atomic mass is 10.0. The van der Waals surface area contributed by atoms with Gasteiger partial charge in [0.15, 0.2) is 12.4 Å². The third kappa shape index (κ3) is 68.5. The van der Waals surface area contributed by atoms with Gasteiger partial charge in [-0.3, -0.25) is 9.59 Å². The lowest BCUT2D eigenvalue weighted by molar-refractivity contribution is -0.870. The molecule has 494 valence electrons. The maximum Gasteiger partial charge on any atom is 0.306 e. The number of carbonyl (C=O) groups excluding carboxylic acids is 3. The van der Waals surface area contributed by atoms with Gasteiger partial charge in [-0.1, -0.05) is 295 Å². The molecular weight excluding hydrogens is 1080 g/mol. The molecule has 9 heteroatoms. The second-order valence-electron chi connectivity index (χ2n) is 24.1. The van der Waals surface area contributed by atoms with Crippen molar-refractivity contribution >= 4 is 17.9 Å². The highest BCUT2D eigenvalue weighted by Crippen LogP contribution is 2.17. The normalized spacial score (nSPS) is 13.6. The van der Waals surface area contributed by atoms with E-state index in [4.69, 9.17) is 18.9 Å². The van der Waals surface area contributed by atoms with Gasteiger partial charge in [0.05, 0.1) is 40.3 Å². The van der Waals surface area contributed by atoms with E-state index in [2.05, 4.69) is 160 Å². The lowest BCUT2D eigenvalue weighted by Gasteiger charge is -2.26. The topological polar surface area (TPSA) is 111 Å². The van der Waals surface area contributed by atoms with Gasteiger partial charge < -0.3 is 33.3 Å². The number of nitrogens with zero attached hydrogens (tertiary/aromatic N) is 1. The number of hydrogen-bond acceptors (Lipinski definition) is 8. The fourth-order valence-electron chi connectivity index (χ4n) is 9.32. The van der Waals surface area contributed by atoms with Gasteiger partial charge in [0.2, 0.25) is 0 Å². The van der Waals surface area contributed by atoms with Crippen molar-refractivity contribution in [2.24, 2.45) is 0 Å². The molecule has 0 aliphatic rings. The van der Waals surface area contributed by atoms with Crippen LogP contribution >= 0.6 is 0 Å². The predicted molar refractivity (Wildman–Crippen MR) is 370 cm³/mol. The molecule has 0 N–H and O–H groups in total. The predicted octanol–water partition coefficient (Wildman–Crippen LogP) is 20.6. The highest BCUT2D eigenvalue weighted by atomic mass is 16.7. The summed E-state index contributed by atoms with van der Waals surface area (Å²) in [5, 5.41) is 11.8. The van der Waals surface area contributed by atoms with E-state index in [0.717, 1.165) is 96.3 Å². The average molecular weight is 1210 g/mol. The Morgan fingerprint density at radius 3 is 0.954 bits per heavy atom. The molecule has 0 aromatic carbocycles. The highest BCUT2D eigenvalue weighted by molar-refractivity contribution is 5.70. The van der Waals surface area contributed by atoms with Crippen molar-refractivity contribution in [1.82, 2.24) is 0 Å². The summed E-state index contributed by atoms with van der Waals surface area (Å²) in [4.78, 5) is 37.4. The van der Waals surface area contributed by atoms with Crippen LogP contribution in [0.5, 0.6) is 0 Å². The Balaban J connectivity index is 4.10. The van der Waals surface area contributed by atoms with Gasteiger partial charge in [-0.2, -0.15) is 0 Å². The van der Waals surface area contributed by atoms with Gasteiger partial charge >= 0.3 is 11.9 Å². The van der Waals surface area contributed by atoms with Crippen molar-refractivity contribution in [3.05, 3.63) is 146 Å². The summed E-state index contributed by atoms with van der Waals surface area (Å²) in [6.45, 7) is 4.46. The molecule has 0 saturated heterocycles. The van der Waals surface area contributed by atoms with Crippen LogP contribution in [0.3, 0.4) is 0 Å². The molecule has 0 aliphatic heterocycles. The Labute approximate surface area is 534 Å². The Morgan fingerprint density at radius 2 is 0.632 bits per heavy atom. The molecule has 0 heterocycles. The SMILES string of the molecule is CC/C=C\C/C=C\C/C=C\C/C=C\C/C=C\C/C=C\C/C=C\CCCC(=O)OC(COC(=O)CCCCCCCCCCCCCCCCCCCCCCCCC/C=C\C/C=C\C/C=C\C/C=C\C/C=C\CC)COC(OCC[N+](C)(C)C)C(=O)[O-]. The molecule has 9 nitrogen and oxygen atoms in total. The zero-order valence-electron chi connectivity index (χ0n) is 56.3. The monoisotopic (exact) mass is 1210 g/mol. The van der Waals surface area contributed by atoms with Crippen molar-refractivity contribution in [1.29, 1.82) is 0 Å². The van der Waals surface area contributed by atoms with Crippen LogP contribution in [0.4, 0.5) is 0 Å². The first kappa shape index (κ1) is 82.2. The van der Waals surface area contributed by atoms with Crippen molar-refractivity contribution in [2.45, 2.75) is 283 Å². The molecule has 0 aromatic heterocycles. The molecule has 0 fully saturated rings. The van der Waals surface area contributed by atoms with Crippen molar-refractivity contribution < 1.29 is 42.9 Å². The number of ether oxygens (including phenoxy) is 4. The van der Waals surface area contributed by atoms with Crippen molar-refractivity contribution in [2.75, 3.05) is 47.5 Å². The second kappa shape index (κ2) is 67.1. The minimum atomic E-state index is -1.64. The number of carboxylic acid groups (broad SMARTS) is 1. The largest absolute Gasteiger partial charge is 0.545 e. The molecule has 2 atom stereocenters. The number of carbonyl (C=O) groups is 3. The molecule has 0 spiro atoms. The van der Waals surface area contributed by atoms with Crippen LogP contribution in [-0.2, 0) is 33.3 Å². The Bertz CT molecular complexity index is 1940. The Hall–Kier alpha value is -4.83. The van der Waals surface area contributed by atoms with E-state index in [1.165, 1.54) is 135 Å². The number of quaternary nitrogens is 1. The van der Waals surface area contributed by atoms with Gasteiger partial charge in [-0.05, 0) is 109 Å². The van der Waals surface area contributed by atoms with E-state index < -0.39 is 24.3 Å². The zero-order valence-corrected chi connectivity index (χ0v) is 56.3. The fourth-order valence-corrected chi connectivity index (χ4v) is 9.32. The highest BCUT2D eigenvalue weighted by Gasteiger charge is 2.22. The minimum absolute atomic E-state index is 0.131. The average Bonchev–Trinajstić information content (AvgIpc) is 3.50. The van der Waals surface area contributed by atoms with E-state index in [1.807, 2.05) is 21.1 Å². The smallest absolute Gasteiger partial charge is 0.306 e. The van der Waals surface area contributed by atoms with Crippen molar-refractivity contribution in [3.8, 4) is 0 Å². The molecule has 0 bridgehead atoms. The quantitative estimate of drug-likeness (QED) is 0.0195. The summed E-state index contributed by atoms with van der Waals surface area (Å²) >= 11 is 0. The number of hydrogen-bond donors (Lipinski definition) is 0. The first-order chi connectivity index (χ1) is 42.6. The first-order valence-electron chi connectivity index (χ1n) is 35.0. The van der Waals surface area contributed by atoms with Crippen LogP contribution in [0, 0.1) is 0 Å². The number of aliphatic carboxylic acids is 1. The van der Waals surface area contributed by atoms with Crippen molar-refractivity contribution in [3.63, 3.8) is 0 Å². The van der Waals surface area contributed by atoms with Gasteiger partial charge in [-0.15, -0.1) is 0 Å². The third-order valence-corrected chi connectivity index (χ3v) is 14.6. The number of allylic oxidation sites excluding steroid dienone is 24. The second-order valence-corrected chi connectivity index (χ2v) is 24.1. The summed E-state index contributed by atoms with van der Waals surface area (Å²) in [5.74, 6) is -2.37. The molecule has 0 aromatic rings. The van der Waals surface area contributed by atoms with Crippen LogP contribution in [0.15, 0.2) is 146 Å². The number of unbranched alkanes of at least 4 members (excludes halogenated alkanes) is 24. The number of carboxylic acids is 1. The van der Waals surface area contributed by atoms with E-state index in [-0.39, 0.29) is 38.6 Å². The summed E-state index contributed by atoms with van der Waals surface area (Å²) < 4.78 is 22.7. The maximum atomic E-state index is 12.9. The molecule has 87 heavy (non-hydrogen) atoms. The molecular formula is C78H129NO8. The first-order valence-corrected chi connectivity index (χ1v) is 35.0. The van der Waals surface area contributed by atoms with Crippen LogP contribution in [0.2, 0.25) is 0 Å². The summed E-state index contributed by atoms with van der Waals surface area (Å²) in [6.07, 6.45) is 95.2. The molecule has 0 amide bonds. The van der Waals surface area contributed by atoms with E-state index in [9.17, 15) is 19.5 Å².